The topological polar surface area (TPSA) is 142 Å². The molecule has 2 heterocycles. The van der Waals surface area contributed by atoms with Crippen molar-refractivity contribution in [2.75, 3.05) is 31.3 Å². The fourth-order valence-corrected chi connectivity index (χ4v) is 7.74. The molecule has 190 valence electrons. The number of hydrogen-bond acceptors (Lipinski definition) is 8. The fourth-order valence-electron chi connectivity index (χ4n) is 3.97. The second kappa shape index (κ2) is 11.2. The molecule has 12 heteroatoms. The van der Waals surface area contributed by atoms with Crippen molar-refractivity contribution in [1.29, 1.82) is 0 Å². The summed E-state index contributed by atoms with van der Waals surface area (Å²) in [5.41, 5.74) is 2.80. The number of carbonyl (C=O) groups excluding carboxylic acids is 3. The Morgan fingerprint density at radius 1 is 1.17 bits per heavy atom. The number of nitrogens with zero attached hydrogens (tertiary/aromatic N) is 1. The molecule has 2 aromatic rings. The van der Waals surface area contributed by atoms with Crippen LogP contribution in [0.3, 0.4) is 0 Å². The number of anilines is 1. The highest BCUT2D eigenvalue weighted by Gasteiger charge is 2.49. The maximum Gasteiger partial charge on any atom is 0.409 e. The van der Waals surface area contributed by atoms with Crippen molar-refractivity contribution in [3.63, 3.8) is 0 Å². The molecule has 0 spiro atoms. The second-order valence-corrected chi connectivity index (χ2v) is 11.8. The van der Waals surface area contributed by atoms with E-state index in [2.05, 4.69) is 5.32 Å². The van der Waals surface area contributed by atoms with Gasteiger partial charge in [-0.3, -0.25) is 14.8 Å². The largest absolute Gasteiger partial charge is 0.439 e. The number of benzene rings is 1. The van der Waals surface area contributed by atoms with Gasteiger partial charge in [-0.15, -0.1) is 11.3 Å². The Labute approximate surface area is 208 Å². The van der Waals surface area contributed by atoms with Gasteiger partial charge < -0.3 is 15.0 Å². The van der Waals surface area contributed by atoms with Crippen molar-refractivity contribution in [2.45, 2.75) is 37.4 Å². The van der Waals surface area contributed by atoms with Crippen LogP contribution in [0, 0.1) is 0 Å². The Hall–Kier alpha value is -2.96. The van der Waals surface area contributed by atoms with Gasteiger partial charge >= 0.3 is 6.09 Å². The van der Waals surface area contributed by atoms with Crippen molar-refractivity contribution >= 4 is 44.8 Å². The molecule has 3 N–H and O–H groups in total. The Kier molecular flexibility index (Phi) is 8.51. The van der Waals surface area contributed by atoms with Gasteiger partial charge in [-0.25, -0.2) is 18.7 Å². The first kappa shape index (κ1) is 26.6. The number of sulfone groups is 1. The standard InChI is InChI=1S/C23H29N3O7S2/c1-3-26(2)22(29)33-15-21(28)24-17-8-6-7-16(13-17)18-9-10-19(34-18)23(14-20(27)25-30)11-4-5-12-35(23,31)32/h6-10,13,30H,3-5,11-12,14-15H2,1-2H3,(H,24,28)(H,25,27)/t23-/m0/s1. The molecule has 1 atom stereocenters. The summed E-state index contributed by atoms with van der Waals surface area (Å²) in [5, 5.41) is 11.7. The highest BCUT2D eigenvalue weighted by Crippen LogP contribution is 2.47. The van der Waals surface area contributed by atoms with E-state index in [1.54, 1.807) is 49.8 Å². The third-order valence-corrected chi connectivity index (χ3v) is 10.1. The first-order valence-corrected chi connectivity index (χ1v) is 13.6. The number of carbonyl (C=O) groups is 3. The number of rotatable bonds is 8. The number of hydroxylamine groups is 1. The van der Waals surface area contributed by atoms with E-state index >= 15 is 0 Å². The lowest BCUT2D eigenvalue weighted by atomic mass is 9.94. The molecule has 1 aromatic heterocycles. The molecule has 35 heavy (non-hydrogen) atoms. The molecule has 10 nitrogen and oxygen atoms in total. The normalized spacial score (nSPS) is 18.9. The van der Waals surface area contributed by atoms with Gasteiger partial charge in [0.15, 0.2) is 16.4 Å². The third-order valence-electron chi connectivity index (χ3n) is 6.01. The lowest BCUT2D eigenvalue weighted by Crippen LogP contribution is -2.43. The van der Waals surface area contributed by atoms with Crippen molar-refractivity contribution in [1.82, 2.24) is 10.4 Å². The Balaban J connectivity index is 1.80. The molecule has 0 aliphatic carbocycles. The summed E-state index contributed by atoms with van der Waals surface area (Å²) in [5.74, 6) is -1.26. The van der Waals surface area contributed by atoms with Gasteiger partial charge in [0.1, 0.15) is 4.75 Å². The number of ether oxygens (including phenoxy) is 1. The molecule has 1 aliphatic heterocycles. The van der Waals surface area contributed by atoms with Gasteiger partial charge in [-0.1, -0.05) is 18.6 Å². The second-order valence-electron chi connectivity index (χ2n) is 8.34. The van der Waals surface area contributed by atoms with Crippen molar-refractivity contribution in [3.05, 3.63) is 41.3 Å². The molecule has 0 radical (unpaired) electrons. The van der Waals surface area contributed by atoms with Crippen molar-refractivity contribution in [3.8, 4) is 10.4 Å². The lowest BCUT2D eigenvalue weighted by Gasteiger charge is -2.35. The summed E-state index contributed by atoms with van der Waals surface area (Å²) < 4.78 is 29.8. The average molecular weight is 524 g/mol. The summed E-state index contributed by atoms with van der Waals surface area (Å²) in [6, 6.07) is 10.5. The van der Waals surface area contributed by atoms with Gasteiger partial charge in [-0.05, 0) is 49.6 Å². The maximum absolute atomic E-state index is 13.1. The molecule has 3 amide bonds. The Bertz CT molecular complexity index is 1200. The first-order valence-electron chi connectivity index (χ1n) is 11.2. The minimum atomic E-state index is -3.62. The zero-order valence-electron chi connectivity index (χ0n) is 19.6. The van der Waals surface area contributed by atoms with E-state index in [1.165, 1.54) is 16.2 Å². The van der Waals surface area contributed by atoms with E-state index < -0.39 is 39.1 Å². The van der Waals surface area contributed by atoms with E-state index in [-0.39, 0.29) is 12.2 Å². The van der Waals surface area contributed by atoms with Crippen LogP contribution >= 0.6 is 11.3 Å². The van der Waals surface area contributed by atoms with Crippen LogP contribution in [0.5, 0.6) is 0 Å². The SMILES string of the molecule is CCN(C)C(=O)OCC(=O)Nc1cccc(-c2ccc([C@@]3(CC(=O)NO)CCCCS3(=O)=O)s2)c1. The maximum atomic E-state index is 13.1. The van der Waals surface area contributed by atoms with Crippen molar-refractivity contribution in [2.24, 2.45) is 0 Å². The van der Waals surface area contributed by atoms with E-state index in [4.69, 9.17) is 9.94 Å². The van der Waals surface area contributed by atoms with Gasteiger partial charge in [-0.2, -0.15) is 0 Å². The first-order chi connectivity index (χ1) is 16.6. The van der Waals surface area contributed by atoms with Crippen LogP contribution in [0.25, 0.3) is 10.4 Å². The molecule has 3 rings (SSSR count). The van der Waals surface area contributed by atoms with Gasteiger partial charge in [0.2, 0.25) is 5.91 Å². The summed E-state index contributed by atoms with van der Waals surface area (Å²) in [6.07, 6.45) is 0.544. The van der Waals surface area contributed by atoms with Gasteiger partial charge in [0, 0.05) is 29.0 Å². The molecule has 0 bridgehead atoms. The van der Waals surface area contributed by atoms with Gasteiger partial charge in [0.25, 0.3) is 5.91 Å². The molecular formula is C23H29N3O7S2. The van der Waals surface area contributed by atoms with E-state index in [1.807, 2.05) is 6.07 Å². The Morgan fingerprint density at radius 3 is 2.63 bits per heavy atom. The van der Waals surface area contributed by atoms with Crippen LogP contribution in [-0.2, 0) is 28.9 Å². The van der Waals surface area contributed by atoms with Crippen LogP contribution in [0.2, 0.25) is 0 Å². The van der Waals surface area contributed by atoms with E-state index in [0.717, 1.165) is 10.4 Å². The zero-order chi connectivity index (χ0) is 25.6. The summed E-state index contributed by atoms with van der Waals surface area (Å²) >= 11 is 1.27. The minimum absolute atomic E-state index is 0.0148. The predicted molar refractivity (Wildman–Crippen MR) is 132 cm³/mol. The summed E-state index contributed by atoms with van der Waals surface area (Å²) in [6.45, 7) is 1.82. The number of nitrogens with one attached hydrogen (secondary N) is 2. The van der Waals surface area contributed by atoms with Gasteiger partial charge in [0.05, 0.1) is 12.2 Å². The molecule has 0 saturated carbocycles. The lowest BCUT2D eigenvalue weighted by molar-refractivity contribution is -0.130. The molecule has 1 aromatic carbocycles. The minimum Gasteiger partial charge on any atom is -0.439 e. The van der Waals surface area contributed by atoms with Crippen molar-refractivity contribution < 1.29 is 32.7 Å². The average Bonchev–Trinajstić information content (AvgIpc) is 3.34. The molecular weight excluding hydrogens is 494 g/mol. The quantitative estimate of drug-likeness (QED) is 0.356. The predicted octanol–water partition coefficient (Wildman–Crippen LogP) is 3.13. The van der Waals surface area contributed by atoms with Crippen LogP contribution in [0.15, 0.2) is 36.4 Å². The van der Waals surface area contributed by atoms with Crippen LogP contribution < -0.4 is 10.8 Å². The van der Waals surface area contributed by atoms with Crippen LogP contribution in [-0.4, -0.2) is 62.4 Å². The highest BCUT2D eigenvalue weighted by atomic mass is 32.2. The van der Waals surface area contributed by atoms with Crippen LogP contribution in [0.4, 0.5) is 10.5 Å². The monoisotopic (exact) mass is 523 g/mol. The van der Waals surface area contributed by atoms with E-state index in [0.29, 0.717) is 36.4 Å². The molecule has 1 fully saturated rings. The number of hydrogen-bond donors (Lipinski definition) is 3. The summed E-state index contributed by atoms with van der Waals surface area (Å²) in [7, 11) is -2.05. The third kappa shape index (κ3) is 6.00. The Morgan fingerprint density at radius 2 is 1.94 bits per heavy atom. The van der Waals surface area contributed by atoms with Crippen LogP contribution in [0.1, 0.15) is 37.5 Å². The molecule has 1 aliphatic rings. The van der Waals surface area contributed by atoms with E-state index in [9.17, 15) is 22.8 Å². The number of thiophene rings is 1. The highest BCUT2D eigenvalue weighted by molar-refractivity contribution is 7.92. The zero-order valence-corrected chi connectivity index (χ0v) is 21.2. The molecule has 1 saturated heterocycles. The smallest absolute Gasteiger partial charge is 0.409 e. The number of amides is 3. The fraction of sp³-hybridized carbons (Fsp3) is 0.435. The molecule has 0 unspecified atom stereocenters. The summed E-state index contributed by atoms with van der Waals surface area (Å²) in [4.78, 5) is 38.6.